The number of anilines is 1. The molecule has 0 saturated heterocycles. The summed E-state index contributed by atoms with van der Waals surface area (Å²) in [5.74, 6) is -1.79. The van der Waals surface area contributed by atoms with Gasteiger partial charge in [-0.25, -0.2) is 14.6 Å². The number of amides is 4. The lowest BCUT2D eigenvalue weighted by Gasteiger charge is -2.32. The second kappa shape index (κ2) is 12.6. The van der Waals surface area contributed by atoms with Crippen LogP contribution in [-0.2, 0) is 14.3 Å². The number of ether oxygens (including phenoxy) is 1. The molecule has 194 valence electrons. The molecule has 3 rings (SSSR count). The number of hydrogen-bond donors (Lipinski definition) is 3. The molecule has 2 aromatic carbocycles. The molecule has 1 aromatic heterocycles. The minimum absolute atomic E-state index is 0.0279. The molecule has 37 heavy (non-hydrogen) atoms. The summed E-state index contributed by atoms with van der Waals surface area (Å²) in [7, 11) is 1.22. The van der Waals surface area contributed by atoms with Gasteiger partial charge < -0.3 is 20.5 Å². The van der Waals surface area contributed by atoms with E-state index in [1.165, 1.54) is 24.6 Å². The van der Waals surface area contributed by atoms with Gasteiger partial charge >= 0.3 is 12.0 Å². The first-order valence-corrected chi connectivity index (χ1v) is 12.4. The molecule has 0 aliphatic carbocycles. The van der Waals surface area contributed by atoms with E-state index in [1.807, 2.05) is 13.0 Å². The number of aromatic nitrogens is 1. The maximum atomic E-state index is 13.5. The van der Waals surface area contributed by atoms with Gasteiger partial charge in [-0.1, -0.05) is 56.3 Å². The Balaban J connectivity index is 1.89. The zero-order valence-corrected chi connectivity index (χ0v) is 21.4. The molecule has 3 N–H and O–H groups in total. The van der Waals surface area contributed by atoms with Gasteiger partial charge in [0.2, 0.25) is 12.3 Å². The summed E-state index contributed by atoms with van der Waals surface area (Å²) in [6, 6.07) is 12.9. The van der Waals surface area contributed by atoms with Gasteiger partial charge in [0.25, 0.3) is 0 Å². The van der Waals surface area contributed by atoms with Gasteiger partial charge in [-0.15, -0.1) is 11.3 Å². The van der Waals surface area contributed by atoms with Crippen LogP contribution in [0.15, 0.2) is 60.0 Å². The zero-order chi connectivity index (χ0) is 26.9. The van der Waals surface area contributed by atoms with Crippen molar-refractivity contribution in [2.75, 3.05) is 12.4 Å². The van der Waals surface area contributed by atoms with E-state index in [0.29, 0.717) is 12.8 Å². The topological polar surface area (TPSA) is 138 Å². The third kappa shape index (κ3) is 6.70. The predicted molar refractivity (Wildman–Crippen MR) is 138 cm³/mol. The van der Waals surface area contributed by atoms with Crippen LogP contribution in [0.5, 0.6) is 5.75 Å². The van der Waals surface area contributed by atoms with E-state index in [0.717, 1.165) is 27.4 Å². The molecule has 0 saturated carbocycles. The summed E-state index contributed by atoms with van der Waals surface area (Å²) in [5, 5.41) is 16.6. The van der Waals surface area contributed by atoms with Gasteiger partial charge in [0, 0.05) is 11.3 Å². The normalized spacial score (nSPS) is 13.1. The van der Waals surface area contributed by atoms with Crippen molar-refractivity contribution in [1.82, 2.24) is 15.2 Å². The molecule has 0 spiro atoms. The molecular weight excluding hydrogens is 496 g/mol. The van der Waals surface area contributed by atoms with Gasteiger partial charge in [-0.2, -0.15) is 0 Å². The van der Waals surface area contributed by atoms with Crippen LogP contribution in [0.3, 0.4) is 0 Å². The van der Waals surface area contributed by atoms with Crippen LogP contribution in [0.4, 0.5) is 9.93 Å². The van der Waals surface area contributed by atoms with Crippen molar-refractivity contribution in [2.24, 2.45) is 0 Å². The molecule has 1 heterocycles. The fourth-order valence-corrected chi connectivity index (χ4v) is 4.52. The van der Waals surface area contributed by atoms with E-state index in [1.54, 1.807) is 43.3 Å². The van der Waals surface area contributed by atoms with Crippen molar-refractivity contribution in [3.8, 4) is 5.75 Å². The van der Waals surface area contributed by atoms with Crippen molar-refractivity contribution in [1.29, 1.82) is 0 Å². The minimum atomic E-state index is -1.23. The molecule has 0 aliphatic heterocycles. The Bertz CT molecular complexity index is 1230. The Morgan fingerprint density at radius 1 is 1.11 bits per heavy atom. The molecule has 4 amide bonds. The molecule has 0 aliphatic rings. The fraction of sp³-hybridized carbons (Fsp3) is 0.269. The van der Waals surface area contributed by atoms with Crippen LogP contribution in [0.1, 0.15) is 53.8 Å². The zero-order valence-electron chi connectivity index (χ0n) is 20.6. The summed E-state index contributed by atoms with van der Waals surface area (Å²) >= 11 is 1.02. The fourth-order valence-electron chi connectivity index (χ4n) is 3.83. The van der Waals surface area contributed by atoms with E-state index in [9.17, 15) is 24.3 Å². The number of hydrogen-bond acceptors (Lipinski definition) is 8. The van der Waals surface area contributed by atoms with E-state index in [4.69, 9.17) is 0 Å². The Labute approximate surface area is 218 Å². The number of imide groups is 1. The molecule has 0 radical (unpaired) electrons. The first-order valence-electron chi connectivity index (χ1n) is 11.5. The van der Waals surface area contributed by atoms with Crippen LogP contribution >= 0.6 is 11.3 Å². The number of phenolic OH excluding ortho intramolecular Hbond substituents is 1. The lowest BCUT2D eigenvalue weighted by molar-refractivity contribution is -0.127. The van der Waals surface area contributed by atoms with Crippen LogP contribution in [0.2, 0.25) is 0 Å². The van der Waals surface area contributed by atoms with E-state index >= 15 is 0 Å². The Hall–Kier alpha value is -4.25. The van der Waals surface area contributed by atoms with Gasteiger partial charge in [0.15, 0.2) is 10.8 Å². The second-order valence-electron chi connectivity index (χ2n) is 8.18. The molecule has 3 atom stereocenters. The van der Waals surface area contributed by atoms with Crippen molar-refractivity contribution < 1.29 is 29.0 Å². The van der Waals surface area contributed by atoms with Gasteiger partial charge in [0.05, 0.1) is 13.2 Å². The average molecular weight is 525 g/mol. The Morgan fingerprint density at radius 3 is 2.38 bits per heavy atom. The van der Waals surface area contributed by atoms with E-state index in [2.05, 4.69) is 20.4 Å². The lowest BCUT2D eigenvalue weighted by Crippen LogP contribution is -2.53. The maximum absolute atomic E-state index is 13.5. The number of nitrogens with zero attached hydrogens (tertiary/aromatic N) is 2. The molecule has 3 aromatic rings. The van der Waals surface area contributed by atoms with Crippen LogP contribution < -0.4 is 10.6 Å². The first-order chi connectivity index (χ1) is 17.8. The number of aromatic hydroxyl groups is 1. The van der Waals surface area contributed by atoms with E-state index < -0.39 is 35.9 Å². The number of benzene rings is 2. The van der Waals surface area contributed by atoms with Crippen molar-refractivity contribution in [2.45, 2.75) is 38.3 Å². The Kier molecular flexibility index (Phi) is 9.33. The quantitative estimate of drug-likeness (QED) is 0.268. The molecule has 0 bridgehead atoms. The first kappa shape index (κ1) is 27.3. The summed E-state index contributed by atoms with van der Waals surface area (Å²) < 4.78 is 4.65. The minimum Gasteiger partial charge on any atom is -0.508 e. The predicted octanol–water partition coefficient (Wildman–Crippen LogP) is 4.07. The highest BCUT2D eigenvalue weighted by Crippen LogP contribution is 2.26. The lowest BCUT2D eigenvalue weighted by atomic mass is 9.91. The van der Waals surface area contributed by atoms with Crippen LogP contribution in [0, 0.1) is 0 Å². The standard InChI is InChI=1S/C26H28N4O6S/c1-4-20(18-10-12-19(32)13-11-18)28-26(35)30(15-31)22(16(2)17-8-6-5-7-9-17)23(33)29-25-27-21(14-37-25)24(34)36-3/h5-16,20,22,32H,4H2,1-3H3,(H,28,35)(H,27,29,33)/t16?,20-,22-/m0/s1. The second-order valence-corrected chi connectivity index (χ2v) is 9.04. The molecular formula is C26H28N4O6S. The number of thiazole rings is 1. The highest BCUT2D eigenvalue weighted by Gasteiger charge is 2.36. The highest BCUT2D eigenvalue weighted by atomic mass is 32.1. The smallest absolute Gasteiger partial charge is 0.357 e. The third-order valence-corrected chi connectivity index (χ3v) is 6.60. The number of carbonyl (C=O) groups is 4. The SMILES string of the molecule is CC[C@H](NC(=O)N(C=O)[C@H](C(=O)Nc1nc(C(=O)OC)cs1)C(C)c1ccccc1)c1ccc(O)cc1. The van der Waals surface area contributed by atoms with Gasteiger partial charge in [-0.3, -0.25) is 14.5 Å². The monoisotopic (exact) mass is 524 g/mol. The van der Waals surface area contributed by atoms with E-state index in [-0.39, 0.29) is 16.6 Å². The number of rotatable bonds is 10. The number of phenols is 1. The van der Waals surface area contributed by atoms with Crippen molar-refractivity contribution in [3.63, 3.8) is 0 Å². The van der Waals surface area contributed by atoms with Gasteiger partial charge in [-0.05, 0) is 29.7 Å². The van der Waals surface area contributed by atoms with Crippen molar-refractivity contribution >= 4 is 40.8 Å². The third-order valence-electron chi connectivity index (χ3n) is 5.85. The number of methoxy groups -OCH3 is 1. The maximum Gasteiger partial charge on any atom is 0.357 e. The molecule has 1 unspecified atom stereocenters. The summed E-state index contributed by atoms with van der Waals surface area (Å²) in [6.45, 7) is 3.60. The van der Waals surface area contributed by atoms with Crippen molar-refractivity contribution in [3.05, 3.63) is 76.8 Å². The summed E-state index contributed by atoms with van der Waals surface area (Å²) in [5.41, 5.74) is 1.50. The summed E-state index contributed by atoms with van der Waals surface area (Å²) in [6.07, 6.45) is 0.827. The Morgan fingerprint density at radius 2 is 1.78 bits per heavy atom. The number of nitrogens with one attached hydrogen (secondary N) is 2. The average Bonchev–Trinajstić information content (AvgIpc) is 3.38. The number of urea groups is 1. The number of esters is 1. The van der Waals surface area contributed by atoms with Gasteiger partial charge in [0.1, 0.15) is 11.8 Å². The van der Waals surface area contributed by atoms with Crippen LogP contribution in [-0.4, -0.2) is 52.5 Å². The summed E-state index contributed by atoms with van der Waals surface area (Å²) in [4.78, 5) is 55.7. The number of carbonyl (C=O) groups excluding carboxylic acids is 4. The highest BCUT2D eigenvalue weighted by molar-refractivity contribution is 7.14. The largest absolute Gasteiger partial charge is 0.508 e. The van der Waals surface area contributed by atoms with Crippen LogP contribution in [0.25, 0.3) is 0 Å². The molecule has 11 heteroatoms. The molecule has 10 nitrogen and oxygen atoms in total. The molecule has 0 fully saturated rings.